The lowest BCUT2D eigenvalue weighted by Crippen LogP contribution is -2.49. The molecular weight excluding hydrogens is 390 g/mol. The Balaban J connectivity index is 1.53. The summed E-state index contributed by atoms with van der Waals surface area (Å²) < 4.78 is 5.13. The summed E-state index contributed by atoms with van der Waals surface area (Å²) in [5.74, 6) is -3.54. The number of hydrogen-bond donors (Lipinski definition) is 2. The molecule has 0 radical (unpaired) electrons. The van der Waals surface area contributed by atoms with Gasteiger partial charge in [0.15, 0.2) is 6.10 Å². The van der Waals surface area contributed by atoms with E-state index in [4.69, 9.17) is 4.74 Å². The maximum atomic E-state index is 12.6. The SMILES string of the molecule is C[C@@H](OC(=O)[C@H](C)N1C(=O)[C@H]2CCCC[C@H]2C1=O)C(=O)NNC(=O)c1ccccc1. The number of benzene rings is 1. The summed E-state index contributed by atoms with van der Waals surface area (Å²) in [6.45, 7) is 2.75. The van der Waals surface area contributed by atoms with Crippen molar-refractivity contribution in [1.82, 2.24) is 15.8 Å². The van der Waals surface area contributed by atoms with E-state index in [0.29, 0.717) is 18.4 Å². The molecule has 1 aliphatic carbocycles. The molecule has 1 saturated carbocycles. The van der Waals surface area contributed by atoms with Crippen LogP contribution in [0, 0.1) is 11.8 Å². The van der Waals surface area contributed by atoms with Gasteiger partial charge in [-0.15, -0.1) is 0 Å². The van der Waals surface area contributed by atoms with Crippen LogP contribution in [0.2, 0.25) is 0 Å². The van der Waals surface area contributed by atoms with Crippen molar-refractivity contribution in [3.63, 3.8) is 0 Å². The van der Waals surface area contributed by atoms with Crippen LogP contribution in [0.25, 0.3) is 0 Å². The van der Waals surface area contributed by atoms with Crippen LogP contribution in [0.3, 0.4) is 0 Å². The third-order valence-corrected chi connectivity index (χ3v) is 5.60. The molecule has 9 heteroatoms. The first kappa shape index (κ1) is 21.5. The van der Waals surface area contributed by atoms with Gasteiger partial charge >= 0.3 is 5.97 Å². The molecule has 0 spiro atoms. The third kappa shape index (κ3) is 4.34. The Morgan fingerprint density at radius 2 is 1.53 bits per heavy atom. The van der Waals surface area contributed by atoms with Gasteiger partial charge in [-0.05, 0) is 38.8 Å². The van der Waals surface area contributed by atoms with Crippen LogP contribution in [0.15, 0.2) is 30.3 Å². The molecule has 160 valence electrons. The van der Waals surface area contributed by atoms with Crippen LogP contribution in [0.1, 0.15) is 49.9 Å². The van der Waals surface area contributed by atoms with Gasteiger partial charge in [0.2, 0.25) is 11.8 Å². The average Bonchev–Trinajstić information content (AvgIpc) is 3.02. The normalized spacial score (nSPS) is 22.7. The van der Waals surface area contributed by atoms with E-state index in [0.717, 1.165) is 17.7 Å². The zero-order chi connectivity index (χ0) is 21.8. The lowest BCUT2D eigenvalue weighted by atomic mass is 9.81. The molecule has 2 N–H and O–H groups in total. The molecular formula is C21H25N3O6. The topological polar surface area (TPSA) is 122 Å². The molecule has 0 bridgehead atoms. The van der Waals surface area contributed by atoms with Crippen molar-refractivity contribution in [2.45, 2.75) is 51.7 Å². The van der Waals surface area contributed by atoms with Crippen molar-refractivity contribution in [3.05, 3.63) is 35.9 Å². The number of nitrogens with one attached hydrogen (secondary N) is 2. The Labute approximate surface area is 174 Å². The number of hydrazine groups is 1. The first-order valence-electron chi connectivity index (χ1n) is 10.0. The first-order chi connectivity index (χ1) is 14.3. The van der Waals surface area contributed by atoms with E-state index in [9.17, 15) is 24.0 Å². The summed E-state index contributed by atoms with van der Waals surface area (Å²) in [6, 6.07) is 7.15. The average molecular weight is 415 g/mol. The molecule has 0 aromatic heterocycles. The Bertz CT molecular complexity index is 832. The minimum absolute atomic E-state index is 0.346. The van der Waals surface area contributed by atoms with Gasteiger partial charge in [0.05, 0.1) is 11.8 Å². The van der Waals surface area contributed by atoms with Gasteiger partial charge in [-0.2, -0.15) is 0 Å². The number of amides is 4. The zero-order valence-corrected chi connectivity index (χ0v) is 16.9. The Kier molecular flexibility index (Phi) is 6.49. The number of carbonyl (C=O) groups is 5. The number of nitrogens with zero attached hydrogens (tertiary/aromatic N) is 1. The Morgan fingerprint density at radius 3 is 2.10 bits per heavy atom. The summed E-state index contributed by atoms with van der Waals surface area (Å²) >= 11 is 0. The molecule has 1 aromatic rings. The van der Waals surface area contributed by atoms with Crippen molar-refractivity contribution in [3.8, 4) is 0 Å². The van der Waals surface area contributed by atoms with Gasteiger partial charge in [0.25, 0.3) is 11.8 Å². The summed E-state index contributed by atoms with van der Waals surface area (Å²) in [6.07, 6.45) is 1.84. The van der Waals surface area contributed by atoms with E-state index >= 15 is 0 Å². The van der Waals surface area contributed by atoms with Crippen molar-refractivity contribution in [1.29, 1.82) is 0 Å². The number of esters is 1. The van der Waals surface area contributed by atoms with Crippen LogP contribution in [-0.4, -0.2) is 46.6 Å². The second-order valence-electron chi connectivity index (χ2n) is 7.61. The molecule has 3 rings (SSSR count). The standard InChI is InChI=1S/C21H25N3O6/c1-12(24-19(27)15-10-6-7-11-16(15)20(24)28)21(29)30-13(2)17(25)22-23-18(26)14-8-4-3-5-9-14/h3-5,8-9,12-13,15-16H,6-7,10-11H2,1-2H3,(H,22,25)(H,23,26)/t12-,13+,15-,16+/m0/s1. The monoisotopic (exact) mass is 415 g/mol. The van der Waals surface area contributed by atoms with E-state index < -0.39 is 29.9 Å². The van der Waals surface area contributed by atoms with E-state index in [-0.39, 0.29) is 23.7 Å². The number of imide groups is 1. The second kappa shape index (κ2) is 9.06. The zero-order valence-electron chi connectivity index (χ0n) is 16.9. The molecule has 2 aliphatic rings. The number of likely N-dealkylation sites (tertiary alicyclic amines) is 1. The number of hydrogen-bond acceptors (Lipinski definition) is 6. The van der Waals surface area contributed by atoms with Crippen molar-refractivity contribution >= 4 is 29.6 Å². The molecule has 9 nitrogen and oxygen atoms in total. The molecule has 1 aromatic carbocycles. The number of fused-ring (bicyclic) bond motifs is 1. The molecule has 1 heterocycles. The number of carbonyl (C=O) groups excluding carboxylic acids is 5. The number of rotatable bonds is 5. The molecule has 1 saturated heterocycles. The van der Waals surface area contributed by atoms with E-state index in [2.05, 4.69) is 10.9 Å². The first-order valence-corrected chi connectivity index (χ1v) is 10.0. The lowest BCUT2D eigenvalue weighted by molar-refractivity contribution is -0.164. The molecule has 2 fully saturated rings. The van der Waals surface area contributed by atoms with Gasteiger partial charge in [-0.1, -0.05) is 31.0 Å². The summed E-state index contributed by atoms with van der Waals surface area (Å²) in [5.41, 5.74) is 4.78. The maximum absolute atomic E-state index is 12.6. The summed E-state index contributed by atoms with van der Waals surface area (Å²) in [7, 11) is 0. The highest BCUT2D eigenvalue weighted by Gasteiger charge is 2.51. The summed E-state index contributed by atoms with van der Waals surface area (Å²) in [4.78, 5) is 62.7. The van der Waals surface area contributed by atoms with E-state index in [1.54, 1.807) is 30.3 Å². The van der Waals surface area contributed by atoms with E-state index in [1.165, 1.54) is 13.8 Å². The van der Waals surface area contributed by atoms with Gasteiger partial charge in [-0.25, -0.2) is 4.79 Å². The molecule has 4 atom stereocenters. The van der Waals surface area contributed by atoms with Crippen LogP contribution in [0.4, 0.5) is 0 Å². The second-order valence-corrected chi connectivity index (χ2v) is 7.61. The minimum Gasteiger partial charge on any atom is -0.451 e. The van der Waals surface area contributed by atoms with Crippen molar-refractivity contribution in [2.75, 3.05) is 0 Å². The Hall–Kier alpha value is -3.23. The van der Waals surface area contributed by atoms with Crippen LogP contribution in [0.5, 0.6) is 0 Å². The molecule has 0 unspecified atom stereocenters. The van der Waals surface area contributed by atoms with Crippen LogP contribution >= 0.6 is 0 Å². The van der Waals surface area contributed by atoms with Crippen LogP contribution in [-0.2, 0) is 23.9 Å². The molecule has 1 aliphatic heterocycles. The van der Waals surface area contributed by atoms with Gasteiger partial charge < -0.3 is 4.74 Å². The van der Waals surface area contributed by atoms with Gasteiger partial charge in [-0.3, -0.25) is 34.9 Å². The largest absolute Gasteiger partial charge is 0.451 e. The lowest BCUT2D eigenvalue weighted by Gasteiger charge is -2.23. The fourth-order valence-electron chi connectivity index (χ4n) is 3.88. The predicted octanol–water partition coefficient (Wildman–Crippen LogP) is 0.943. The fourth-order valence-corrected chi connectivity index (χ4v) is 3.88. The molecule has 4 amide bonds. The number of ether oxygens (including phenoxy) is 1. The van der Waals surface area contributed by atoms with Gasteiger partial charge in [0, 0.05) is 5.56 Å². The van der Waals surface area contributed by atoms with Crippen molar-refractivity contribution in [2.24, 2.45) is 11.8 Å². The molecule has 30 heavy (non-hydrogen) atoms. The Morgan fingerprint density at radius 1 is 0.967 bits per heavy atom. The highest BCUT2D eigenvalue weighted by molar-refractivity contribution is 6.08. The predicted molar refractivity (Wildman–Crippen MR) is 104 cm³/mol. The van der Waals surface area contributed by atoms with E-state index in [1.807, 2.05) is 0 Å². The highest BCUT2D eigenvalue weighted by atomic mass is 16.5. The van der Waals surface area contributed by atoms with Gasteiger partial charge in [0.1, 0.15) is 6.04 Å². The minimum atomic E-state index is -1.23. The van der Waals surface area contributed by atoms with Crippen molar-refractivity contribution < 1.29 is 28.7 Å². The smallest absolute Gasteiger partial charge is 0.329 e. The highest BCUT2D eigenvalue weighted by Crippen LogP contribution is 2.38. The maximum Gasteiger partial charge on any atom is 0.329 e. The summed E-state index contributed by atoms with van der Waals surface area (Å²) in [5, 5.41) is 0. The quantitative estimate of drug-likeness (QED) is 0.419. The fraction of sp³-hybridized carbons (Fsp3) is 0.476. The van der Waals surface area contributed by atoms with Crippen LogP contribution < -0.4 is 10.9 Å². The third-order valence-electron chi connectivity index (χ3n) is 5.60.